The summed E-state index contributed by atoms with van der Waals surface area (Å²) < 4.78 is 1.39. The number of anilines is 1. The maximum Gasteiger partial charge on any atom is 0.270 e. The van der Waals surface area contributed by atoms with Gasteiger partial charge in [0.1, 0.15) is 6.29 Å². The zero-order valence-electron chi connectivity index (χ0n) is 11.7. The van der Waals surface area contributed by atoms with Gasteiger partial charge in [0.05, 0.1) is 10.6 Å². The summed E-state index contributed by atoms with van der Waals surface area (Å²) in [4.78, 5) is 25.4. The molecule has 1 saturated heterocycles. The van der Waals surface area contributed by atoms with Crippen molar-refractivity contribution in [1.29, 1.82) is 0 Å². The Labute approximate surface area is 151 Å². The van der Waals surface area contributed by atoms with Crippen LogP contribution in [0.1, 0.15) is 15.9 Å². The Bertz CT molecular complexity index is 831. The number of nitrogens with zero attached hydrogens (tertiary/aromatic N) is 1. The summed E-state index contributed by atoms with van der Waals surface area (Å²) in [6, 6.07) is 14.5. The van der Waals surface area contributed by atoms with E-state index in [4.69, 9.17) is 12.2 Å². The van der Waals surface area contributed by atoms with Gasteiger partial charge in [-0.2, -0.15) is 0 Å². The number of hydrogen-bond donors (Lipinski definition) is 0. The molecular formula is C17H10BrNO2S2. The van der Waals surface area contributed by atoms with Crippen molar-refractivity contribution >= 4 is 68.2 Å². The van der Waals surface area contributed by atoms with Crippen LogP contribution in [0.4, 0.5) is 5.69 Å². The molecule has 1 fully saturated rings. The Morgan fingerprint density at radius 3 is 2.43 bits per heavy atom. The fourth-order valence-electron chi connectivity index (χ4n) is 2.13. The molecule has 0 saturated carbocycles. The number of hydrogen-bond acceptors (Lipinski definition) is 4. The van der Waals surface area contributed by atoms with Crippen molar-refractivity contribution in [1.82, 2.24) is 0 Å². The molecule has 0 aliphatic carbocycles. The lowest BCUT2D eigenvalue weighted by Gasteiger charge is -2.14. The largest absolute Gasteiger partial charge is 0.298 e. The molecule has 2 aromatic carbocycles. The van der Waals surface area contributed by atoms with E-state index in [1.165, 1.54) is 16.7 Å². The average molecular weight is 404 g/mol. The predicted octanol–water partition coefficient (Wildman–Crippen LogP) is 4.67. The monoisotopic (exact) mass is 403 g/mol. The van der Waals surface area contributed by atoms with Gasteiger partial charge in [0, 0.05) is 10.0 Å². The predicted molar refractivity (Wildman–Crippen MR) is 102 cm³/mol. The second-order valence-electron chi connectivity index (χ2n) is 4.78. The van der Waals surface area contributed by atoms with Crippen LogP contribution < -0.4 is 4.90 Å². The number of thioether (sulfide) groups is 1. The number of aldehydes is 1. The van der Waals surface area contributed by atoms with Crippen molar-refractivity contribution in [2.75, 3.05) is 4.90 Å². The lowest BCUT2D eigenvalue weighted by atomic mass is 10.1. The van der Waals surface area contributed by atoms with Crippen molar-refractivity contribution in [3.63, 3.8) is 0 Å². The highest BCUT2D eigenvalue weighted by atomic mass is 79.9. The minimum absolute atomic E-state index is 0.141. The van der Waals surface area contributed by atoms with Gasteiger partial charge in [0.25, 0.3) is 5.91 Å². The van der Waals surface area contributed by atoms with E-state index in [2.05, 4.69) is 15.9 Å². The molecular weight excluding hydrogens is 394 g/mol. The van der Waals surface area contributed by atoms with Crippen molar-refractivity contribution < 1.29 is 9.59 Å². The lowest BCUT2D eigenvalue weighted by molar-refractivity contribution is -0.113. The summed E-state index contributed by atoms with van der Waals surface area (Å²) >= 11 is 10.0. The average Bonchev–Trinajstić information content (AvgIpc) is 2.82. The molecule has 114 valence electrons. The number of carbonyl (C=O) groups is 2. The van der Waals surface area contributed by atoms with Crippen LogP contribution in [-0.2, 0) is 4.79 Å². The van der Waals surface area contributed by atoms with Gasteiger partial charge >= 0.3 is 0 Å². The summed E-state index contributed by atoms with van der Waals surface area (Å²) in [6.07, 6.45) is 2.57. The summed E-state index contributed by atoms with van der Waals surface area (Å²) in [5.74, 6) is -0.141. The molecule has 3 nitrogen and oxygen atoms in total. The molecule has 0 bridgehead atoms. The smallest absolute Gasteiger partial charge is 0.270 e. The molecule has 1 amide bonds. The first-order chi connectivity index (χ1) is 11.1. The second kappa shape index (κ2) is 6.78. The molecule has 0 aromatic heterocycles. The quantitative estimate of drug-likeness (QED) is 0.424. The van der Waals surface area contributed by atoms with Crippen LogP contribution in [0.3, 0.4) is 0 Å². The third kappa shape index (κ3) is 3.44. The third-order valence-electron chi connectivity index (χ3n) is 3.23. The highest BCUT2D eigenvalue weighted by Crippen LogP contribution is 2.36. The van der Waals surface area contributed by atoms with Crippen molar-refractivity contribution in [2.24, 2.45) is 0 Å². The molecule has 6 heteroatoms. The van der Waals surface area contributed by atoms with E-state index in [1.54, 1.807) is 30.3 Å². The Balaban J connectivity index is 1.91. The molecule has 0 unspecified atom stereocenters. The van der Waals surface area contributed by atoms with Gasteiger partial charge in [-0.25, -0.2) is 0 Å². The minimum Gasteiger partial charge on any atom is -0.298 e. The maximum absolute atomic E-state index is 12.6. The standard InChI is InChI=1S/C17H10BrNO2S2/c18-13-2-1-3-14(9-13)19-16(21)15(23-17(19)22)8-11-4-6-12(10-20)7-5-11/h1-10H. The summed E-state index contributed by atoms with van der Waals surface area (Å²) in [7, 11) is 0. The van der Waals surface area contributed by atoms with Crippen LogP contribution in [0.25, 0.3) is 6.08 Å². The Morgan fingerprint density at radius 1 is 1.09 bits per heavy atom. The zero-order chi connectivity index (χ0) is 16.4. The molecule has 0 N–H and O–H groups in total. The van der Waals surface area contributed by atoms with Crippen molar-refractivity contribution in [2.45, 2.75) is 0 Å². The van der Waals surface area contributed by atoms with E-state index in [-0.39, 0.29) is 5.91 Å². The number of benzene rings is 2. The zero-order valence-corrected chi connectivity index (χ0v) is 15.0. The summed E-state index contributed by atoms with van der Waals surface area (Å²) in [6.45, 7) is 0. The van der Waals surface area contributed by atoms with E-state index in [0.29, 0.717) is 14.8 Å². The number of rotatable bonds is 3. The van der Waals surface area contributed by atoms with Gasteiger partial charge < -0.3 is 0 Å². The maximum atomic E-state index is 12.6. The van der Waals surface area contributed by atoms with Crippen LogP contribution >= 0.6 is 39.9 Å². The number of thiocarbonyl (C=S) groups is 1. The Kier molecular flexibility index (Phi) is 4.75. The van der Waals surface area contributed by atoms with Crippen LogP contribution in [0, 0.1) is 0 Å². The fourth-order valence-corrected chi connectivity index (χ4v) is 3.81. The van der Waals surface area contributed by atoms with Gasteiger partial charge in [-0.1, -0.05) is 70.2 Å². The van der Waals surface area contributed by atoms with E-state index >= 15 is 0 Å². The van der Waals surface area contributed by atoms with Gasteiger partial charge in [0.15, 0.2) is 4.32 Å². The van der Waals surface area contributed by atoms with Gasteiger partial charge in [-0.3, -0.25) is 14.5 Å². The molecule has 23 heavy (non-hydrogen) atoms. The van der Waals surface area contributed by atoms with Crippen LogP contribution in [-0.4, -0.2) is 16.5 Å². The van der Waals surface area contributed by atoms with Gasteiger partial charge in [-0.15, -0.1) is 0 Å². The second-order valence-corrected chi connectivity index (χ2v) is 7.37. The van der Waals surface area contributed by atoms with E-state index in [0.717, 1.165) is 22.0 Å². The normalized spacial score (nSPS) is 16.2. The highest BCUT2D eigenvalue weighted by molar-refractivity contribution is 9.10. The lowest BCUT2D eigenvalue weighted by Crippen LogP contribution is -2.27. The summed E-state index contributed by atoms with van der Waals surface area (Å²) in [5, 5.41) is 0. The molecule has 1 heterocycles. The third-order valence-corrected chi connectivity index (χ3v) is 5.03. The number of halogens is 1. The Hall–Kier alpha value is -1.76. The number of amides is 1. The topological polar surface area (TPSA) is 37.4 Å². The minimum atomic E-state index is -0.141. The van der Waals surface area contributed by atoms with Gasteiger partial charge in [0.2, 0.25) is 0 Å². The molecule has 3 rings (SSSR count). The van der Waals surface area contributed by atoms with E-state index < -0.39 is 0 Å². The Morgan fingerprint density at radius 2 is 1.78 bits per heavy atom. The first-order valence-corrected chi connectivity index (χ1v) is 8.69. The van der Waals surface area contributed by atoms with Crippen LogP contribution in [0.15, 0.2) is 57.9 Å². The molecule has 0 atom stereocenters. The van der Waals surface area contributed by atoms with Gasteiger partial charge in [-0.05, 0) is 29.8 Å². The summed E-state index contributed by atoms with van der Waals surface area (Å²) in [5.41, 5.74) is 2.19. The first-order valence-electron chi connectivity index (χ1n) is 6.67. The molecule has 2 aromatic rings. The van der Waals surface area contributed by atoms with Crippen molar-refractivity contribution in [3.8, 4) is 0 Å². The molecule has 1 aliphatic rings. The van der Waals surface area contributed by atoms with E-state index in [9.17, 15) is 9.59 Å². The first kappa shape index (κ1) is 16.1. The molecule has 0 radical (unpaired) electrons. The van der Waals surface area contributed by atoms with Crippen LogP contribution in [0.5, 0.6) is 0 Å². The number of carbonyl (C=O) groups excluding carboxylic acids is 2. The van der Waals surface area contributed by atoms with Crippen LogP contribution in [0.2, 0.25) is 0 Å². The molecule has 0 spiro atoms. The fraction of sp³-hybridized carbons (Fsp3) is 0. The van der Waals surface area contributed by atoms with E-state index in [1.807, 2.05) is 24.3 Å². The highest BCUT2D eigenvalue weighted by Gasteiger charge is 2.33. The van der Waals surface area contributed by atoms with Crippen molar-refractivity contribution in [3.05, 3.63) is 69.0 Å². The SMILES string of the molecule is O=Cc1ccc(C=C2SC(=S)N(c3cccc(Br)c3)C2=O)cc1. The molecule has 1 aliphatic heterocycles.